The van der Waals surface area contributed by atoms with Crippen molar-refractivity contribution >= 4 is 11.8 Å². The number of unbranched alkanes of at least 4 members (excludes halogenated alkanes) is 2. The van der Waals surface area contributed by atoms with E-state index in [0.717, 1.165) is 18.8 Å². The Bertz CT molecular complexity index is 575. The molecule has 2 aromatic carbocycles. The fourth-order valence-electron chi connectivity index (χ4n) is 2.55. The number of nitrogens with zero attached hydrogens (tertiary/aromatic N) is 1. The van der Waals surface area contributed by atoms with Gasteiger partial charge in [-0.2, -0.15) is 0 Å². The van der Waals surface area contributed by atoms with Gasteiger partial charge in [0.15, 0.2) is 0 Å². The number of hydrogen-bond acceptors (Lipinski definition) is 2. The monoisotopic (exact) mass is 309 g/mol. The van der Waals surface area contributed by atoms with Crippen LogP contribution in [0, 0.1) is 0 Å². The third-order valence-electron chi connectivity index (χ3n) is 3.90. The topological polar surface area (TPSA) is 12.5 Å². The normalized spacial score (nSPS) is 10.9. The van der Waals surface area contributed by atoms with Crippen LogP contribution in [0.15, 0.2) is 60.7 Å². The molecule has 2 nitrogen and oxygen atoms in total. The molecule has 0 amide bonds. The molecule has 0 saturated carbocycles. The number of anilines is 1. The van der Waals surface area contributed by atoms with Crippen molar-refractivity contribution in [1.29, 1.82) is 0 Å². The fraction of sp³-hybridized carbons (Fsp3) is 0.333. The minimum absolute atomic E-state index is 0.905. The maximum Gasteiger partial charge on any atom is 0.119 e. The van der Waals surface area contributed by atoms with E-state index in [1.807, 2.05) is 18.2 Å². The second-order valence-corrected chi connectivity index (χ2v) is 5.66. The van der Waals surface area contributed by atoms with E-state index in [0.29, 0.717) is 0 Å². The third kappa shape index (κ3) is 5.82. The Morgan fingerprint density at radius 1 is 0.957 bits per heavy atom. The van der Waals surface area contributed by atoms with Gasteiger partial charge in [-0.15, -0.1) is 0 Å². The molecule has 2 heteroatoms. The molecule has 0 radical (unpaired) electrons. The fourth-order valence-corrected chi connectivity index (χ4v) is 2.55. The van der Waals surface area contributed by atoms with Crippen molar-refractivity contribution in [3.05, 3.63) is 66.2 Å². The molecule has 0 unspecified atom stereocenters. The van der Waals surface area contributed by atoms with Crippen molar-refractivity contribution < 1.29 is 4.74 Å². The zero-order chi connectivity index (χ0) is 16.3. The molecule has 0 heterocycles. The van der Waals surface area contributed by atoms with Gasteiger partial charge in [0.1, 0.15) is 5.75 Å². The van der Waals surface area contributed by atoms with Crippen LogP contribution >= 0.6 is 0 Å². The van der Waals surface area contributed by atoms with Gasteiger partial charge in [-0.3, -0.25) is 0 Å². The lowest BCUT2D eigenvalue weighted by atomic mass is 10.2. The number of benzene rings is 2. The molecule has 0 atom stereocenters. The van der Waals surface area contributed by atoms with Gasteiger partial charge >= 0.3 is 0 Å². The van der Waals surface area contributed by atoms with E-state index in [1.165, 1.54) is 30.5 Å². The Labute approximate surface area is 140 Å². The molecule has 0 aliphatic rings. The van der Waals surface area contributed by atoms with E-state index < -0.39 is 0 Å². The summed E-state index contributed by atoms with van der Waals surface area (Å²) >= 11 is 0. The van der Waals surface area contributed by atoms with E-state index in [1.54, 1.807) is 7.11 Å². The summed E-state index contributed by atoms with van der Waals surface area (Å²) in [6.45, 7) is 4.25. The van der Waals surface area contributed by atoms with Crippen LogP contribution < -0.4 is 9.64 Å². The predicted octanol–water partition coefficient (Wildman–Crippen LogP) is 5.41. The summed E-state index contributed by atoms with van der Waals surface area (Å²) < 4.78 is 5.25. The van der Waals surface area contributed by atoms with E-state index in [-0.39, 0.29) is 0 Å². The van der Waals surface area contributed by atoms with Crippen LogP contribution in [0.25, 0.3) is 6.08 Å². The highest BCUT2D eigenvalue weighted by molar-refractivity contribution is 5.53. The highest BCUT2D eigenvalue weighted by atomic mass is 16.5. The summed E-state index contributed by atoms with van der Waals surface area (Å²) in [6.07, 6.45) is 8.18. The molecule has 0 aliphatic heterocycles. The largest absolute Gasteiger partial charge is 0.497 e. The van der Waals surface area contributed by atoms with Gasteiger partial charge in [-0.1, -0.05) is 62.2 Å². The second kappa shape index (κ2) is 9.73. The smallest absolute Gasteiger partial charge is 0.119 e. The Hall–Kier alpha value is -2.22. The van der Waals surface area contributed by atoms with Gasteiger partial charge in [0.25, 0.3) is 0 Å². The predicted molar refractivity (Wildman–Crippen MR) is 100 cm³/mol. The summed E-state index contributed by atoms with van der Waals surface area (Å²) in [5.74, 6) is 0.905. The summed E-state index contributed by atoms with van der Waals surface area (Å²) in [7, 11) is 1.70. The Morgan fingerprint density at radius 2 is 1.70 bits per heavy atom. The van der Waals surface area contributed by atoms with Crippen LogP contribution in [-0.4, -0.2) is 20.2 Å². The van der Waals surface area contributed by atoms with Crippen molar-refractivity contribution in [2.24, 2.45) is 0 Å². The number of hydrogen-bond donors (Lipinski definition) is 0. The number of rotatable bonds is 9. The Morgan fingerprint density at radius 3 is 2.35 bits per heavy atom. The lowest BCUT2D eigenvalue weighted by Crippen LogP contribution is -2.24. The van der Waals surface area contributed by atoms with Gasteiger partial charge in [0.2, 0.25) is 0 Å². The third-order valence-corrected chi connectivity index (χ3v) is 3.90. The van der Waals surface area contributed by atoms with Gasteiger partial charge < -0.3 is 9.64 Å². The molecule has 0 saturated heterocycles. The van der Waals surface area contributed by atoms with Crippen molar-refractivity contribution in [2.75, 3.05) is 25.1 Å². The maximum atomic E-state index is 5.25. The number of methoxy groups -OCH3 is 1. The standard InChI is InChI=1S/C21H27NO/c1-3-4-8-17-22(20-13-15-21(23-2)16-14-20)18-9-12-19-10-6-5-7-11-19/h5-7,9-16H,3-4,8,17-18H2,1-2H3/b12-9+. The molecule has 122 valence electrons. The first-order valence-corrected chi connectivity index (χ1v) is 8.44. The van der Waals surface area contributed by atoms with Crippen LogP contribution in [0.3, 0.4) is 0 Å². The molecule has 0 aliphatic carbocycles. The molecule has 0 aromatic heterocycles. The van der Waals surface area contributed by atoms with Gasteiger partial charge in [0.05, 0.1) is 7.11 Å². The zero-order valence-corrected chi connectivity index (χ0v) is 14.2. The SMILES string of the molecule is CCCCCN(C/C=C/c1ccccc1)c1ccc(OC)cc1. The Balaban J connectivity index is 2.02. The first kappa shape index (κ1) is 17.1. The van der Waals surface area contributed by atoms with Gasteiger partial charge in [-0.25, -0.2) is 0 Å². The van der Waals surface area contributed by atoms with Crippen LogP contribution in [0.1, 0.15) is 31.7 Å². The summed E-state index contributed by atoms with van der Waals surface area (Å²) in [5, 5.41) is 0. The molecule has 0 bridgehead atoms. The second-order valence-electron chi connectivity index (χ2n) is 5.66. The zero-order valence-electron chi connectivity index (χ0n) is 14.2. The van der Waals surface area contributed by atoms with E-state index in [2.05, 4.69) is 60.4 Å². The molecule has 23 heavy (non-hydrogen) atoms. The highest BCUT2D eigenvalue weighted by Gasteiger charge is 2.04. The van der Waals surface area contributed by atoms with E-state index in [9.17, 15) is 0 Å². The van der Waals surface area contributed by atoms with Crippen LogP contribution in [0.4, 0.5) is 5.69 Å². The van der Waals surface area contributed by atoms with Crippen molar-refractivity contribution in [3.63, 3.8) is 0 Å². The molecule has 0 N–H and O–H groups in total. The minimum Gasteiger partial charge on any atom is -0.497 e. The average Bonchev–Trinajstić information content (AvgIpc) is 2.61. The quantitative estimate of drug-likeness (QED) is 0.575. The van der Waals surface area contributed by atoms with Crippen LogP contribution in [-0.2, 0) is 0 Å². The maximum absolute atomic E-state index is 5.25. The van der Waals surface area contributed by atoms with Crippen LogP contribution in [0.5, 0.6) is 5.75 Å². The lowest BCUT2D eigenvalue weighted by Gasteiger charge is -2.23. The number of ether oxygens (including phenoxy) is 1. The highest BCUT2D eigenvalue weighted by Crippen LogP contribution is 2.20. The molecule has 2 rings (SSSR count). The van der Waals surface area contributed by atoms with Gasteiger partial charge in [0, 0.05) is 18.8 Å². The molecule has 0 fully saturated rings. The van der Waals surface area contributed by atoms with E-state index in [4.69, 9.17) is 4.74 Å². The average molecular weight is 309 g/mol. The van der Waals surface area contributed by atoms with E-state index >= 15 is 0 Å². The first-order valence-electron chi connectivity index (χ1n) is 8.44. The van der Waals surface area contributed by atoms with Crippen molar-refractivity contribution in [3.8, 4) is 5.75 Å². The van der Waals surface area contributed by atoms with Crippen LogP contribution in [0.2, 0.25) is 0 Å². The summed E-state index contributed by atoms with van der Waals surface area (Å²) in [6, 6.07) is 18.8. The first-order chi connectivity index (χ1) is 11.3. The van der Waals surface area contributed by atoms with Gasteiger partial charge in [-0.05, 0) is 36.2 Å². The summed E-state index contributed by atoms with van der Waals surface area (Å²) in [5.41, 5.74) is 2.50. The lowest BCUT2D eigenvalue weighted by molar-refractivity contribution is 0.415. The molecular weight excluding hydrogens is 282 g/mol. The summed E-state index contributed by atoms with van der Waals surface area (Å²) in [4.78, 5) is 2.43. The molecular formula is C21H27NO. The van der Waals surface area contributed by atoms with Crippen molar-refractivity contribution in [2.45, 2.75) is 26.2 Å². The van der Waals surface area contributed by atoms with Crippen molar-refractivity contribution in [1.82, 2.24) is 0 Å². The Kier molecular flexibility index (Phi) is 7.25. The molecule has 2 aromatic rings. The minimum atomic E-state index is 0.905. The molecule has 0 spiro atoms.